The second-order valence-electron chi connectivity index (χ2n) is 4.56. The molecule has 23 heavy (non-hydrogen) atoms. The molecule has 3 aromatic rings. The second kappa shape index (κ2) is 6.51. The van der Waals surface area contributed by atoms with Crippen molar-refractivity contribution >= 4 is 44.4 Å². The van der Waals surface area contributed by atoms with Gasteiger partial charge in [-0.2, -0.15) is 0 Å². The Labute approximate surface area is 138 Å². The molecule has 0 aliphatic rings. The normalized spacial score (nSPS) is 10.7. The summed E-state index contributed by atoms with van der Waals surface area (Å²) in [6.07, 6.45) is 1.92. The Morgan fingerprint density at radius 3 is 2.87 bits per heavy atom. The monoisotopic (exact) mass is 351 g/mol. The maximum Gasteiger partial charge on any atom is 0.269 e. The van der Waals surface area contributed by atoms with Gasteiger partial charge in [0.05, 0.1) is 4.70 Å². The molecule has 4 nitrogen and oxygen atoms in total. The van der Waals surface area contributed by atoms with Crippen LogP contribution in [0.2, 0.25) is 0 Å². The van der Waals surface area contributed by atoms with Crippen LogP contribution in [0, 0.1) is 11.6 Å². The summed E-state index contributed by atoms with van der Waals surface area (Å²) >= 11 is 2.58. The number of rotatable bonds is 4. The molecule has 2 N–H and O–H groups in total. The molecule has 0 atom stereocenters. The number of thiazole rings is 1. The van der Waals surface area contributed by atoms with Crippen molar-refractivity contribution in [2.75, 3.05) is 11.7 Å². The van der Waals surface area contributed by atoms with E-state index in [0.29, 0.717) is 10.3 Å². The average molecular weight is 351 g/mol. The minimum absolute atomic E-state index is 0.0672. The van der Waals surface area contributed by atoms with E-state index in [9.17, 15) is 13.6 Å². The first-order valence-corrected chi connectivity index (χ1v) is 8.57. The van der Waals surface area contributed by atoms with Gasteiger partial charge < -0.3 is 0 Å². The lowest BCUT2D eigenvalue weighted by molar-refractivity contribution is 0.0962. The number of nitrogens with one attached hydrogen (secondary N) is 2. The predicted molar refractivity (Wildman–Crippen MR) is 88.8 cm³/mol. The van der Waals surface area contributed by atoms with Crippen LogP contribution >= 0.6 is 23.1 Å². The quantitative estimate of drug-likeness (QED) is 0.550. The number of benzene rings is 2. The molecule has 0 saturated carbocycles. The van der Waals surface area contributed by atoms with Crippen LogP contribution in [0.15, 0.2) is 41.3 Å². The minimum atomic E-state index is -0.733. The van der Waals surface area contributed by atoms with Gasteiger partial charge in [-0.3, -0.25) is 15.6 Å². The van der Waals surface area contributed by atoms with Gasteiger partial charge in [0.2, 0.25) is 5.13 Å². The van der Waals surface area contributed by atoms with Crippen LogP contribution in [0.3, 0.4) is 0 Å². The highest BCUT2D eigenvalue weighted by Gasteiger charge is 2.12. The third-order valence-corrected chi connectivity index (χ3v) is 4.67. The van der Waals surface area contributed by atoms with Gasteiger partial charge in [-0.05, 0) is 30.5 Å². The molecule has 0 bridgehead atoms. The van der Waals surface area contributed by atoms with Crippen molar-refractivity contribution in [3.63, 3.8) is 0 Å². The van der Waals surface area contributed by atoms with E-state index in [0.717, 1.165) is 22.3 Å². The molecule has 0 aliphatic carbocycles. The number of aromatic nitrogens is 1. The van der Waals surface area contributed by atoms with Gasteiger partial charge in [-0.1, -0.05) is 17.4 Å². The van der Waals surface area contributed by atoms with Gasteiger partial charge in [0.25, 0.3) is 5.91 Å². The second-order valence-corrected chi connectivity index (χ2v) is 6.47. The highest BCUT2D eigenvalue weighted by atomic mass is 32.2. The fourth-order valence-corrected chi connectivity index (χ4v) is 3.28. The molecule has 2 aromatic carbocycles. The Balaban J connectivity index is 1.75. The van der Waals surface area contributed by atoms with E-state index in [1.165, 1.54) is 17.8 Å². The van der Waals surface area contributed by atoms with Crippen LogP contribution in [0.1, 0.15) is 10.4 Å². The Kier molecular flexibility index (Phi) is 4.44. The number of fused-ring (bicyclic) bond motifs is 1. The number of halogens is 2. The number of carbonyl (C=O) groups is 1. The van der Waals surface area contributed by atoms with Gasteiger partial charge in [-0.15, -0.1) is 11.8 Å². The van der Waals surface area contributed by atoms with Crippen LogP contribution in [-0.4, -0.2) is 17.1 Å². The number of amides is 1. The van der Waals surface area contributed by atoms with Gasteiger partial charge in [0.15, 0.2) is 5.82 Å². The lowest BCUT2D eigenvalue weighted by Crippen LogP contribution is -2.29. The molecule has 1 aromatic heterocycles. The SMILES string of the molecule is CSc1cccc(C(=O)NNc2nc3c(F)cc(F)cc3s2)c1. The van der Waals surface area contributed by atoms with Crippen LogP contribution in [0.25, 0.3) is 10.2 Å². The number of carbonyl (C=O) groups excluding carboxylic acids is 1. The van der Waals surface area contributed by atoms with E-state index in [2.05, 4.69) is 15.8 Å². The number of hydrazine groups is 1. The summed E-state index contributed by atoms with van der Waals surface area (Å²) < 4.78 is 27.1. The summed E-state index contributed by atoms with van der Waals surface area (Å²) in [4.78, 5) is 17.0. The van der Waals surface area contributed by atoms with Crippen molar-refractivity contribution < 1.29 is 13.6 Å². The Morgan fingerprint density at radius 1 is 1.26 bits per heavy atom. The number of nitrogens with zero attached hydrogens (tertiary/aromatic N) is 1. The molecular formula is C15H11F2N3OS2. The molecule has 1 amide bonds. The molecule has 1 heterocycles. The molecule has 8 heteroatoms. The van der Waals surface area contributed by atoms with Crippen molar-refractivity contribution in [1.82, 2.24) is 10.4 Å². The molecule has 118 valence electrons. The van der Waals surface area contributed by atoms with Crippen LogP contribution in [-0.2, 0) is 0 Å². The van der Waals surface area contributed by atoms with Gasteiger partial charge in [-0.25, -0.2) is 13.8 Å². The van der Waals surface area contributed by atoms with Crippen molar-refractivity contribution in [2.24, 2.45) is 0 Å². The Bertz CT molecular complexity index is 882. The predicted octanol–water partition coefficient (Wildman–Crippen LogP) is 4.05. The summed E-state index contributed by atoms with van der Waals surface area (Å²) in [6.45, 7) is 0. The zero-order valence-corrected chi connectivity index (χ0v) is 13.5. The molecule has 3 rings (SSSR count). The summed E-state index contributed by atoms with van der Waals surface area (Å²) in [5, 5.41) is 0.277. The first-order chi connectivity index (χ1) is 11.1. The zero-order valence-electron chi connectivity index (χ0n) is 11.9. The Hall–Kier alpha value is -2.19. The number of hydrogen-bond acceptors (Lipinski definition) is 5. The molecule has 0 spiro atoms. The fraction of sp³-hybridized carbons (Fsp3) is 0.0667. The summed E-state index contributed by atoms with van der Waals surface area (Å²) in [5.74, 6) is -1.74. The van der Waals surface area contributed by atoms with Gasteiger partial charge >= 0.3 is 0 Å². The van der Waals surface area contributed by atoms with Crippen molar-refractivity contribution in [3.05, 3.63) is 53.6 Å². The highest BCUT2D eigenvalue weighted by molar-refractivity contribution is 7.98. The molecule has 0 saturated heterocycles. The van der Waals surface area contributed by atoms with E-state index in [-0.39, 0.29) is 16.6 Å². The molecule has 0 fully saturated rings. The average Bonchev–Trinajstić information content (AvgIpc) is 2.96. The van der Waals surface area contributed by atoms with Crippen LogP contribution in [0.4, 0.5) is 13.9 Å². The number of hydrogen-bond donors (Lipinski definition) is 2. The smallest absolute Gasteiger partial charge is 0.269 e. The zero-order chi connectivity index (χ0) is 16.4. The topological polar surface area (TPSA) is 54.0 Å². The summed E-state index contributed by atoms with van der Waals surface area (Å²) in [6, 6.07) is 9.11. The molecule has 0 aliphatic heterocycles. The van der Waals surface area contributed by atoms with Crippen molar-refractivity contribution in [3.8, 4) is 0 Å². The molecular weight excluding hydrogens is 340 g/mol. The van der Waals surface area contributed by atoms with Gasteiger partial charge in [0.1, 0.15) is 11.3 Å². The first-order valence-electron chi connectivity index (χ1n) is 6.53. The third kappa shape index (κ3) is 3.43. The largest absolute Gasteiger partial charge is 0.273 e. The standard InChI is InChI=1S/C15H11F2N3OS2/c1-22-10-4-2-3-8(5-10)14(21)19-20-15-18-13-11(17)6-9(16)7-12(13)23-15/h2-7H,1H3,(H,18,20)(H,19,21). The van der Waals surface area contributed by atoms with E-state index >= 15 is 0 Å². The highest BCUT2D eigenvalue weighted by Crippen LogP contribution is 2.28. The Morgan fingerprint density at radius 2 is 2.09 bits per heavy atom. The maximum atomic E-state index is 13.6. The van der Waals surface area contributed by atoms with Gasteiger partial charge in [0, 0.05) is 16.5 Å². The van der Waals surface area contributed by atoms with E-state index in [1.807, 2.05) is 12.3 Å². The summed E-state index contributed by atoms with van der Waals surface area (Å²) in [5.41, 5.74) is 5.68. The maximum absolute atomic E-state index is 13.6. The van der Waals surface area contributed by atoms with Crippen LogP contribution in [0.5, 0.6) is 0 Å². The fourth-order valence-electron chi connectivity index (χ4n) is 1.96. The van der Waals surface area contributed by atoms with Crippen molar-refractivity contribution in [1.29, 1.82) is 0 Å². The number of thioether (sulfide) groups is 1. The molecule has 0 radical (unpaired) electrons. The number of anilines is 1. The first kappa shape index (κ1) is 15.7. The lowest BCUT2D eigenvalue weighted by atomic mass is 10.2. The minimum Gasteiger partial charge on any atom is -0.273 e. The summed E-state index contributed by atoms with van der Waals surface area (Å²) in [7, 11) is 0. The van der Waals surface area contributed by atoms with E-state index in [1.54, 1.807) is 18.2 Å². The third-order valence-electron chi connectivity index (χ3n) is 3.03. The lowest BCUT2D eigenvalue weighted by Gasteiger charge is -2.06. The molecule has 0 unspecified atom stereocenters. The van der Waals surface area contributed by atoms with Crippen molar-refractivity contribution in [2.45, 2.75) is 4.90 Å². The van der Waals surface area contributed by atoms with Crippen LogP contribution < -0.4 is 10.9 Å². The van der Waals surface area contributed by atoms with E-state index < -0.39 is 11.6 Å². The van der Waals surface area contributed by atoms with E-state index in [4.69, 9.17) is 0 Å².